The Morgan fingerprint density at radius 2 is 1.80 bits per heavy atom. The van der Waals surface area contributed by atoms with Gasteiger partial charge < -0.3 is 14.7 Å². The second-order valence-corrected chi connectivity index (χ2v) is 12.2. The molecule has 40 heavy (non-hydrogen) atoms. The van der Waals surface area contributed by atoms with Crippen LogP contribution < -0.4 is 0 Å². The number of ether oxygens (including phenoxy) is 1. The predicted molar refractivity (Wildman–Crippen MR) is 163 cm³/mol. The number of ketones is 2. The van der Waals surface area contributed by atoms with Crippen molar-refractivity contribution in [2.45, 2.75) is 85.9 Å². The van der Waals surface area contributed by atoms with Gasteiger partial charge in [-0.15, -0.1) is 0 Å². The van der Waals surface area contributed by atoms with Gasteiger partial charge in [0, 0.05) is 31.3 Å². The van der Waals surface area contributed by atoms with Crippen LogP contribution in [-0.4, -0.2) is 65.5 Å². The molecule has 4 aliphatic carbocycles. The fraction of sp³-hybridized carbons (Fsp3) is 0.719. The molecule has 4 aliphatic rings. The summed E-state index contributed by atoms with van der Waals surface area (Å²) in [6, 6.07) is 0. The van der Waals surface area contributed by atoms with Crippen LogP contribution in [0.5, 0.6) is 0 Å². The summed E-state index contributed by atoms with van der Waals surface area (Å²) in [4.78, 5) is 36.5. The summed E-state index contributed by atoms with van der Waals surface area (Å²) in [5.41, 5.74) is -2.30. The van der Waals surface area contributed by atoms with E-state index in [1.54, 1.807) is 26.2 Å². The lowest BCUT2D eigenvalue weighted by Crippen LogP contribution is -2.67. The Morgan fingerprint density at radius 1 is 1.20 bits per heavy atom. The van der Waals surface area contributed by atoms with Crippen molar-refractivity contribution < 1.29 is 28.6 Å². The lowest BCUT2D eigenvalue weighted by molar-refractivity contribution is -0.200. The molecule has 0 spiro atoms. The maximum absolute atomic E-state index is 17.0. The summed E-state index contributed by atoms with van der Waals surface area (Å²) in [6.07, 6.45) is 8.81. The number of Topliss-reactive ketones (excluding diaryl/α,β-unsaturated/α-hetero) is 1. The Bertz CT molecular complexity index is 980. The average Bonchev–Trinajstić information content (AvgIpc) is 3.26. The summed E-state index contributed by atoms with van der Waals surface area (Å²) in [5.74, 6) is 0.415. The summed E-state index contributed by atoms with van der Waals surface area (Å²) >= 11 is 1.54. The summed E-state index contributed by atoms with van der Waals surface area (Å²) in [6.45, 7) is 17.2. The molecule has 2 unspecified atom stereocenters. The number of fused-ring (bicyclic) bond motifs is 5. The molecular formula is C32H52FNO5S. The second-order valence-electron chi connectivity index (χ2n) is 11.4. The van der Waals surface area contributed by atoms with E-state index in [1.165, 1.54) is 22.7 Å². The molecule has 0 aliphatic heterocycles. The minimum Gasteiger partial charge on any atom is -0.419 e. The third kappa shape index (κ3) is 6.43. The normalized spacial score (nSPS) is 36.8. The third-order valence-electron chi connectivity index (χ3n) is 9.19. The van der Waals surface area contributed by atoms with Gasteiger partial charge in [0.2, 0.25) is 0 Å². The van der Waals surface area contributed by atoms with Crippen LogP contribution in [0.25, 0.3) is 0 Å². The molecule has 0 saturated heterocycles. The Morgan fingerprint density at radius 3 is 2.30 bits per heavy atom. The van der Waals surface area contributed by atoms with Crippen LogP contribution in [-0.2, 0) is 14.3 Å². The van der Waals surface area contributed by atoms with E-state index in [4.69, 9.17) is 0 Å². The van der Waals surface area contributed by atoms with E-state index in [2.05, 4.69) is 25.2 Å². The highest BCUT2D eigenvalue weighted by Gasteiger charge is 2.71. The number of carbonyl (C=O) groups excluding carboxylic acids is 3. The van der Waals surface area contributed by atoms with Gasteiger partial charge in [0.15, 0.2) is 11.5 Å². The van der Waals surface area contributed by atoms with E-state index < -0.39 is 23.3 Å². The van der Waals surface area contributed by atoms with Crippen molar-refractivity contribution in [1.82, 2.24) is 4.90 Å². The minimum absolute atomic E-state index is 0.0864. The Balaban J connectivity index is 0.000000571. The molecule has 1 amide bonds. The van der Waals surface area contributed by atoms with Crippen molar-refractivity contribution >= 4 is 29.4 Å². The SMILES string of the molecule is C=COC(=O)N(C)C.CC.CC.CSCC(=O)C1CCC2[C@@H]3C[C@H](C)C4=CC(=O)C=C[C@]4(C)[C@@]3(F)[C@@H](O)C[C@]12C. The largest absolute Gasteiger partial charge is 0.419 e. The number of thioether (sulfide) groups is 1. The summed E-state index contributed by atoms with van der Waals surface area (Å²) in [7, 11) is 3.21. The Labute approximate surface area is 245 Å². The smallest absolute Gasteiger partial charge is 0.414 e. The van der Waals surface area contributed by atoms with E-state index in [0.717, 1.165) is 24.7 Å². The number of amides is 1. The highest BCUT2D eigenvalue weighted by molar-refractivity contribution is 7.99. The van der Waals surface area contributed by atoms with Gasteiger partial charge in [-0.3, -0.25) is 9.59 Å². The molecule has 0 bridgehead atoms. The second kappa shape index (κ2) is 14.8. The molecule has 0 aromatic rings. The zero-order valence-electron chi connectivity index (χ0n) is 26.3. The molecule has 8 heteroatoms. The van der Waals surface area contributed by atoms with E-state index in [-0.39, 0.29) is 40.7 Å². The van der Waals surface area contributed by atoms with Crippen LogP contribution in [0.4, 0.5) is 9.18 Å². The fourth-order valence-electron chi connectivity index (χ4n) is 7.55. The highest BCUT2D eigenvalue weighted by Crippen LogP contribution is 2.69. The number of hydrogen-bond donors (Lipinski definition) is 1. The van der Waals surface area contributed by atoms with E-state index in [9.17, 15) is 19.5 Å². The first-order chi connectivity index (χ1) is 18.8. The molecule has 0 radical (unpaired) electrons. The molecule has 1 N–H and O–H groups in total. The molecule has 228 valence electrons. The first-order valence-corrected chi connectivity index (χ1v) is 16.0. The lowest BCUT2D eigenvalue weighted by atomic mass is 9.43. The van der Waals surface area contributed by atoms with Crippen molar-refractivity contribution in [1.29, 1.82) is 0 Å². The number of aliphatic hydroxyl groups is 1. The van der Waals surface area contributed by atoms with Crippen LogP contribution in [0.1, 0.15) is 74.1 Å². The number of allylic oxidation sites excluding steroid dienone is 4. The van der Waals surface area contributed by atoms with Crippen molar-refractivity contribution in [3.8, 4) is 0 Å². The molecule has 3 saturated carbocycles. The zero-order valence-corrected chi connectivity index (χ0v) is 27.1. The first kappa shape index (κ1) is 36.1. The predicted octanol–water partition coefficient (Wildman–Crippen LogP) is 7.03. The summed E-state index contributed by atoms with van der Waals surface area (Å²) in [5, 5.41) is 11.2. The fourth-order valence-corrected chi connectivity index (χ4v) is 8.03. The van der Waals surface area contributed by atoms with E-state index in [1.807, 2.05) is 40.9 Å². The average molecular weight is 582 g/mol. The Hall–Kier alpha value is -1.93. The number of alkyl halides is 1. The van der Waals surface area contributed by atoms with Crippen LogP contribution in [0.15, 0.2) is 36.6 Å². The molecule has 0 aromatic heterocycles. The van der Waals surface area contributed by atoms with Crippen molar-refractivity contribution in [3.63, 3.8) is 0 Å². The standard InChI is InChI=1S/C23H31FO3S.C5H9NO2.2C2H6/c1-13-9-18-15-5-6-16(19(26)12-28-4)21(15,2)11-20(27)23(18,24)22(3)8-7-14(25)10-17(13)22;1-4-8-5(7)6(2)3;2*1-2/h7-8,10,13,15-16,18,20,27H,5-6,9,11-12H2,1-4H3;4H,1H2,2-3H3;2*1-2H3/t13-,15?,16?,18-,20-,21-,22-,23-;;;/m0.../s1. The number of nitrogens with zero attached hydrogens (tertiary/aromatic N) is 1. The quantitative estimate of drug-likeness (QED) is 0.359. The van der Waals surface area contributed by atoms with Crippen molar-refractivity contribution in [2.24, 2.45) is 34.5 Å². The number of rotatable bonds is 4. The number of aliphatic hydroxyl groups excluding tert-OH is 1. The van der Waals surface area contributed by atoms with Gasteiger partial charge in [0.25, 0.3) is 0 Å². The molecular weight excluding hydrogens is 529 g/mol. The minimum atomic E-state index is -1.80. The molecule has 8 atom stereocenters. The topological polar surface area (TPSA) is 83.9 Å². The number of halogens is 1. The zero-order chi connectivity index (χ0) is 31.1. The van der Waals surface area contributed by atoms with Crippen LogP contribution >= 0.6 is 11.8 Å². The molecule has 6 nitrogen and oxygen atoms in total. The highest BCUT2D eigenvalue weighted by atomic mass is 32.2. The van der Waals surface area contributed by atoms with Crippen molar-refractivity contribution in [3.05, 3.63) is 36.6 Å². The number of carbonyl (C=O) groups is 3. The van der Waals surface area contributed by atoms with Gasteiger partial charge in [-0.1, -0.05) is 59.8 Å². The summed E-state index contributed by atoms with van der Waals surface area (Å²) < 4.78 is 21.3. The first-order valence-electron chi connectivity index (χ1n) is 14.6. The third-order valence-corrected chi connectivity index (χ3v) is 9.76. The lowest BCUT2D eigenvalue weighted by Gasteiger charge is -2.63. The van der Waals surface area contributed by atoms with Gasteiger partial charge in [0.1, 0.15) is 5.78 Å². The van der Waals surface area contributed by atoms with Crippen LogP contribution in [0, 0.1) is 34.5 Å². The maximum atomic E-state index is 17.0. The maximum Gasteiger partial charge on any atom is 0.414 e. The number of hydrogen-bond acceptors (Lipinski definition) is 6. The molecule has 0 aromatic carbocycles. The Kier molecular flexibility index (Phi) is 13.4. The monoisotopic (exact) mass is 581 g/mol. The van der Waals surface area contributed by atoms with Gasteiger partial charge in [-0.05, 0) is 68.3 Å². The van der Waals surface area contributed by atoms with Gasteiger partial charge >= 0.3 is 6.09 Å². The van der Waals surface area contributed by atoms with E-state index in [0.29, 0.717) is 18.6 Å². The van der Waals surface area contributed by atoms with Gasteiger partial charge in [-0.25, -0.2) is 9.18 Å². The molecule has 0 heterocycles. The molecule has 3 fully saturated rings. The van der Waals surface area contributed by atoms with Crippen LogP contribution in [0.2, 0.25) is 0 Å². The van der Waals surface area contributed by atoms with Crippen molar-refractivity contribution in [2.75, 3.05) is 26.1 Å². The van der Waals surface area contributed by atoms with Gasteiger partial charge in [0.05, 0.1) is 18.1 Å². The van der Waals surface area contributed by atoms with Gasteiger partial charge in [-0.2, -0.15) is 11.8 Å². The van der Waals surface area contributed by atoms with Crippen LogP contribution in [0.3, 0.4) is 0 Å². The van der Waals surface area contributed by atoms with E-state index >= 15 is 4.39 Å². The molecule has 4 rings (SSSR count).